The minimum Gasteiger partial charge on any atom is -0.393 e. The first kappa shape index (κ1) is 18.9. The summed E-state index contributed by atoms with van der Waals surface area (Å²) in [5, 5.41) is 9.58. The first-order valence-electron chi connectivity index (χ1n) is 6.83. The summed E-state index contributed by atoms with van der Waals surface area (Å²) < 4.78 is 64.4. The summed E-state index contributed by atoms with van der Waals surface area (Å²) in [6.07, 6.45) is -5.05. The zero-order valence-electron chi connectivity index (χ0n) is 12.4. The van der Waals surface area contributed by atoms with E-state index in [1.807, 2.05) is 0 Å². The molecule has 0 spiro atoms. The van der Waals surface area contributed by atoms with Crippen LogP contribution in [0.2, 0.25) is 0 Å². The third kappa shape index (κ3) is 5.94. The number of alkyl halides is 3. The third-order valence-electron chi connectivity index (χ3n) is 3.20. The summed E-state index contributed by atoms with van der Waals surface area (Å²) in [5.41, 5.74) is -1.26. The summed E-state index contributed by atoms with van der Waals surface area (Å²) in [4.78, 5) is 0. The van der Waals surface area contributed by atoms with E-state index in [9.17, 15) is 26.7 Å². The van der Waals surface area contributed by atoms with E-state index in [0.717, 1.165) is 12.1 Å². The van der Waals surface area contributed by atoms with Crippen LogP contribution in [-0.4, -0.2) is 26.2 Å². The van der Waals surface area contributed by atoms with E-state index in [1.165, 1.54) is 12.1 Å². The Labute approximate surface area is 128 Å². The topological polar surface area (TPSA) is 66.4 Å². The molecule has 0 aliphatic carbocycles. The Bertz CT molecular complexity index is 585. The van der Waals surface area contributed by atoms with Crippen LogP contribution in [0.1, 0.15) is 31.4 Å². The van der Waals surface area contributed by atoms with E-state index in [0.29, 0.717) is 0 Å². The molecule has 1 aromatic carbocycles. The van der Waals surface area contributed by atoms with Crippen molar-refractivity contribution in [1.82, 2.24) is 4.72 Å². The van der Waals surface area contributed by atoms with Crippen LogP contribution in [0.15, 0.2) is 24.3 Å². The maximum atomic E-state index is 12.8. The molecule has 0 bridgehead atoms. The largest absolute Gasteiger partial charge is 0.416 e. The summed E-state index contributed by atoms with van der Waals surface area (Å²) in [5.74, 6) is -0.768. The molecule has 0 saturated heterocycles. The van der Waals surface area contributed by atoms with Crippen molar-refractivity contribution < 1.29 is 26.7 Å². The molecule has 126 valence electrons. The molecule has 4 nitrogen and oxygen atoms in total. The van der Waals surface area contributed by atoms with Crippen molar-refractivity contribution in [2.75, 3.05) is 6.54 Å². The fourth-order valence-electron chi connectivity index (χ4n) is 1.87. The van der Waals surface area contributed by atoms with Gasteiger partial charge < -0.3 is 5.11 Å². The quantitative estimate of drug-likeness (QED) is 0.802. The minimum absolute atomic E-state index is 0.0180. The molecule has 1 aromatic rings. The van der Waals surface area contributed by atoms with Gasteiger partial charge in [-0.05, 0) is 24.0 Å². The second kappa shape index (κ2) is 7.43. The number of benzene rings is 1. The maximum Gasteiger partial charge on any atom is 0.416 e. The number of halogens is 3. The average molecular weight is 339 g/mol. The third-order valence-corrected chi connectivity index (χ3v) is 4.53. The van der Waals surface area contributed by atoms with E-state index in [4.69, 9.17) is 0 Å². The van der Waals surface area contributed by atoms with Crippen LogP contribution in [0, 0.1) is 5.92 Å². The van der Waals surface area contributed by atoms with Crippen LogP contribution >= 0.6 is 0 Å². The molecule has 1 atom stereocenters. The van der Waals surface area contributed by atoms with Crippen molar-refractivity contribution in [3.05, 3.63) is 35.4 Å². The molecule has 22 heavy (non-hydrogen) atoms. The second-order valence-electron chi connectivity index (χ2n) is 5.41. The highest BCUT2D eigenvalue weighted by Crippen LogP contribution is 2.32. The van der Waals surface area contributed by atoms with Crippen molar-refractivity contribution >= 4 is 10.0 Å². The lowest BCUT2D eigenvalue weighted by Crippen LogP contribution is -2.30. The molecular weight excluding hydrogens is 319 g/mol. The Morgan fingerprint density at radius 2 is 1.82 bits per heavy atom. The van der Waals surface area contributed by atoms with E-state index in [2.05, 4.69) is 4.72 Å². The summed E-state index contributed by atoms with van der Waals surface area (Å²) in [6.45, 7) is 3.56. The van der Waals surface area contributed by atoms with Gasteiger partial charge in [0.25, 0.3) is 0 Å². The number of nitrogens with one attached hydrogen (secondary N) is 1. The summed E-state index contributed by atoms with van der Waals surface area (Å²) in [7, 11) is -3.90. The first-order valence-corrected chi connectivity index (χ1v) is 8.48. The van der Waals surface area contributed by atoms with Gasteiger partial charge in [0, 0.05) is 6.54 Å². The van der Waals surface area contributed by atoms with Gasteiger partial charge in [-0.25, -0.2) is 13.1 Å². The Kier molecular flexibility index (Phi) is 6.39. The van der Waals surface area contributed by atoms with Crippen LogP contribution in [0.5, 0.6) is 0 Å². The van der Waals surface area contributed by atoms with E-state index in [1.54, 1.807) is 13.8 Å². The number of aliphatic hydroxyl groups is 1. The van der Waals surface area contributed by atoms with Crippen molar-refractivity contribution in [3.63, 3.8) is 0 Å². The highest BCUT2D eigenvalue weighted by atomic mass is 32.2. The Morgan fingerprint density at radius 3 is 2.36 bits per heavy atom. The lowest BCUT2D eigenvalue weighted by Gasteiger charge is -2.16. The molecular formula is C14H20F3NO3S. The van der Waals surface area contributed by atoms with E-state index < -0.39 is 33.6 Å². The smallest absolute Gasteiger partial charge is 0.393 e. The molecule has 1 unspecified atom stereocenters. The van der Waals surface area contributed by atoms with Gasteiger partial charge in [-0.3, -0.25) is 0 Å². The van der Waals surface area contributed by atoms with Gasteiger partial charge >= 0.3 is 6.18 Å². The SMILES string of the molecule is CC(C)C(O)CCNS(=O)(=O)Cc1ccccc1C(F)(F)F. The molecule has 0 heterocycles. The molecule has 0 fully saturated rings. The monoisotopic (exact) mass is 339 g/mol. The number of rotatable bonds is 7. The molecule has 0 amide bonds. The molecule has 0 aliphatic heterocycles. The molecule has 8 heteroatoms. The molecule has 0 aromatic heterocycles. The minimum atomic E-state index is -4.60. The predicted octanol–water partition coefficient (Wildman–Crippen LogP) is 2.53. The molecule has 0 saturated carbocycles. The van der Waals surface area contributed by atoms with Gasteiger partial charge in [0.1, 0.15) is 0 Å². The van der Waals surface area contributed by atoms with Crippen LogP contribution in [0.25, 0.3) is 0 Å². The summed E-state index contributed by atoms with van der Waals surface area (Å²) in [6, 6.07) is 4.58. The maximum absolute atomic E-state index is 12.8. The fraction of sp³-hybridized carbons (Fsp3) is 0.571. The second-order valence-corrected chi connectivity index (χ2v) is 7.22. The Hall–Kier alpha value is -1.12. The van der Waals surface area contributed by atoms with Gasteiger partial charge in [0.05, 0.1) is 17.4 Å². The van der Waals surface area contributed by atoms with Crippen molar-refractivity contribution in [2.45, 2.75) is 38.3 Å². The van der Waals surface area contributed by atoms with Crippen molar-refractivity contribution in [3.8, 4) is 0 Å². The van der Waals surface area contributed by atoms with Gasteiger partial charge in [-0.2, -0.15) is 13.2 Å². The molecule has 0 aliphatic rings. The van der Waals surface area contributed by atoms with Gasteiger partial charge in [0.2, 0.25) is 10.0 Å². The van der Waals surface area contributed by atoms with Crippen LogP contribution in [0.4, 0.5) is 13.2 Å². The zero-order chi connectivity index (χ0) is 17.0. The van der Waals surface area contributed by atoms with Crippen LogP contribution in [0.3, 0.4) is 0 Å². The lowest BCUT2D eigenvalue weighted by atomic mass is 10.1. The first-order chi connectivity index (χ1) is 10.0. The fourth-order valence-corrected chi connectivity index (χ4v) is 3.07. The number of sulfonamides is 1. The number of hydrogen-bond acceptors (Lipinski definition) is 3. The average Bonchev–Trinajstić information content (AvgIpc) is 2.37. The highest BCUT2D eigenvalue weighted by Gasteiger charge is 2.33. The van der Waals surface area contributed by atoms with Gasteiger partial charge in [-0.15, -0.1) is 0 Å². The Balaban J connectivity index is 2.74. The van der Waals surface area contributed by atoms with Gasteiger partial charge in [-0.1, -0.05) is 32.0 Å². The highest BCUT2D eigenvalue weighted by molar-refractivity contribution is 7.88. The predicted molar refractivity (Wildman–Crippen MR) is 77.5 cm³/mol. The lowest BCUT2D eigenvalue weighted by molar-refractivity contribution is -0.138. The van der Waals surface area contributed by atoms with Gasteiger partial charge in [0.15, 0.2) is 0 Å². The molecule has 0 radical (unpaired) electrons. The standard InChI is InChI=1S/C14H20F3NO3S/c1-10(2)13(19)7-8-18-22(20,21)9-11-5-3-4-6-12(11)14(15,16)17/h3-6,10,13,18-19H,7-9H2,1-2H3. The number of hydrogen-bond donors (Lipinski definition) is 2. The normalized spacial score (nSPS) is 14.3. The van der Waals surface area contributed by atoms with E-state index in [-0.39, 0.29) is 24.4 Å². The zero-order valence-corrected chi connectivity index (χ0v) is 13.2. The number of aliphatic hydroxyl groups excluding tert-OH is 1. The van der Waals surface area contributed by atoms with Crippen molar-refractivity contribution in [1.29, 1.82) is 0 Å². The molecule has 1 rings (SSSR count). The van der Waals surface area contributed by atoms with Crippen LogP contribution in [-0.2, 0) is 22.0 Å². The molecule has 2 N–H and O–H groups in total. The van der Waals surface area contributed by atoms with Crippen molar-refractivity contribution in [2.24, 2.45) is 5.92 Å². The Morgan fingerprint density at radius 1 is 1.23 bits per heavy atom. The van der Waals surface area contributed by atoms with E-state index >= 15 is 0 Å². The summed E-state index contributed by atoms with van der Waals surface area (Å²) >= 11 is 0. The van der Waals surface area contributed by atoms with Crippen LogP contribution < -0.4 is 4.72 Å².